The van der Waals surface area contributed by atoms with Gasteiger partial charge < -0.3 is 33.5 Å². The van der Waals surface area contributed by atoms with Crippen LogP contribution in [0.4, 0.5) is 14.4 Å². The number of carboxylic acids is 1. The number of alkyl halides is 2. The Labute approximate surface area is 449 Å². The van der Waals surface area contributed by atoms with Crippen molar-refractivity contribution >= 4 is 108 Å². The molecule has 20 nitrogen and oxygen atoms in total. The maximum atomic E-state index is 12.2. The Morgan fingerprint density at radius 1 is 0.630 bits per heavy atom. The fourth-order valence-corrected chi connectivity index (χ4v) is 8.12. The molecule has 1 N–H and O–H groups in total. The molecule has 2 atom stereocenters. The van der Waals surface area contributed by atoms with Gasteiger partial charge in [-0.1, -0.05) is 67.2 Å². The number of carbonyl (C=O) groups is 5. The van der Waals surface area contributed by atoms with Gasteiger partial charge in [-0.15, -0.1) is 0 Å². The molecular formula is C48H45Br2Cl3N8O12. The Kier molecular flexibility index (Phi) is 22.3. The molecule has 6 heterocycles. The van der Waals surface area contributed by atoms with Gasteiger partial charge in [-0.05, 0) is 87.4 Å². The van der Waals surface area contributed by atoms with E-state index < -0.39 is 42.5 Å². The molecule has 384 valence electrons. The minimum atomic E-state index is -0.919. The topological polar surface area (TPSA) is 247 Å². The number of hydrogen-bond donors (Lipinski definition) is 1. The van der Waals surface area contributed by atoms with Crippen LogP contribution in [0.3, 0.4) is 0 Å². The van der Waals surface area contributed by atoms with Crippen molar-refractivity contribution in [2.45, 2.75) is 51.6 Å². The van der Waals surface area contributed by atoms with Crippen molar-refractivity contribution in [2.75, 3.05) is 33.1 Å². The van der Waals surface area contributed by atoms with Crippen molar-refractivity contribution in [1.82, 2.24) is 29.1 Å². The van der Waals surface area contributed by atoms with E-state index in [2.05, 4.69) is 96.2 Å². The minimum Gasteiger partial charge on any atom is -0.481 e. The van der Waals surface area contributed by atoms with E-state index in [-0.39, 0.29) is 31.0 Å². The summed E-state index contributed by atoms with van der Waals surface area (Å²) in [7, 11) is 2.39. The maximum Gasteiger partial charge on any atom is 0.510 e. The number of aryl methyl sites for hydroxylation is 2. The third-order valence-electron chi connectivity index (χ3n) is 10.1. The van der Waals surface area contributed by atoms with Crippen LogP contribution < -0.4 is 0 Å². The van der Waals surface area contributed by atoms with Crippen LogP contribution in [0, 0.1) is 13.8 Å². The lowest BCUT2D eigenvalue weighted by Crippen LogP contribution is -2.14. The number of fused-ring (bicyclic) bond motifs is 6. The molecule has 73 heavy (non-hydrogen) atoms. The number of ether oxygens (including phenoxy) is 6. The number of carbonyl (C=O) groups excluding carboxylic acids is 4. The molecule has 4 aromatic heterocycles. The third kappa shape index (κ3) is 16.1. The molecular weight excluding hydrogens is 1150 g/mol. The molecule has 0 saturated carbocycles. The van der Waals surface area contributed by atoms with Gasteiger partial charge in [0.1, 0.15) is 23.7 Å². The molecule has 0 amide bonds. The van der Waals surface area contributed by atoms with Gasteiger partial charge in [0, 0.05) is 80.7 Å². The summed E-state index contributed by atoms with van der Waals surface area (Å²) in [6.45, 7) is 3.46. The van der Waals surface area contributed by atoms with Crippen LogP contribution in [0.2, 0.25) is 0 Å². The van der Waals surface area contributed by atoms with Crippen LogP contribution in [0.25, 0.3) is 11.4 Å². The number of esters is 1. The van der Waals surface area contributed by atoms with E-state index in [1.165, 1.54) is 14.2 Å². The molecule has 2 aliphatic rings. The second-order valence-corrected chi connectivity index (χ2v) is 17.4. The van der Waals surface area contributed by atoms with E-state index in [1.54, 1.807) is 24.8 Å². The number of rotatable bonds is 12. The molecule has 0 bridgehead atoms. The van der Waals surface area contributed by atoms with Crippen LogP contribution in [0.15, 0.2) is 117 Å². The summed E-state index contributed by atoms with van der Waals surface area (Å²) >= 11 is 21.6. The summed E-state index contributed by atoms with van der Waals surface area (Å²) in [5.41, 5.74) is 7.72. The van der Waals surface area contributed by atoms with Crippen molar-refractivity contribution < 1.29 is 57.5 Å². The number of hydrogen-bond acceptors (Lipinski definition) is 17. The highest BCUT2D eigenvalue weighted by molar-refractivity contribution is 9.10. The molecule has 2 aliphatic heterocycles. The monoisotopic (exact) mass is 1190 g/mol. The van der Waals surface area contributed by atoms with Crippen molar-refractivity contribution in [3.05, 3.63) is 152 Å². The Balaban J connectivity index is 0.000000220. The highest BCUT2D eigenvalue weighted by Gasteiger charge is 2.30. The zero-order chi connectivity index (χ0) is 53.0. The molecule has 0 spiro atoms. The first kappa shape index (κ1) is 57.2. The fourth-order valence-electron chi connectivity index (χ4n) is 7.10. The molecule has 0 fully saturated rings. The van der Waals surface area contributed by atoms with Crippen molar-refractivity contribution in [2.24, 2.45) is 9.98 Å². The van der Waals surface area contributed by atoms with Gasteiger partial charge in [0.05, 0.1) is 48.4 Å². The Morgan fingerprint density at radius 3 is 1.48 bits per heavy atom. The number of imidazole rings is 2. The molecule has 2 aromatic carbocycles. The number of nitrogens with zero attached hydrogens (tertiary/aromatic N) is 8. The number of methoxy groups -OCH3 is 2. The summed E-state index contributed by atoms with van der Waals surface area (Å²) in [4.78, 5) is 81.9. The Hall–Kier alpha value is -6.72. The van der Waals surface area contributed by atoms with E-state index in [1.807, 2.05) is 86.6 Å². The molecule has 0 unspecified atom stereocenters. The van der Waals surface area contributed by atoms with Crippen LogP contribution >= 0.6 is 66.7 Å². The summed E-state index contributed by atoms with van der Waals surface area (Å²) in [5.74, 6) is 0.112. The standard InChI is InChI=1S/C23H21BrN4O5.C20H17BrN4O2.C3H5ClO3.C2H2Cl2O2/c1-14-12-26-22-18(7-9-20(29)32-13-33-23(30)31-2)27-21(17-5-3-4-10-25-17)16-11-15(24)6-8-19(16)28(14)22;1-12-11-23-20-16(6-8-18(26)27)24-19(15-4-2-3-9-22-15)14-10-13(21)5-7-17(14)25(12)20;1-6-3(5)7-2-4;3-1-6-2(4)5/h3-6,8,10-12,18H,7,9,13H2,1-2H3;2-5,7,9-11,16H,6,8H2,1H3,(H,26,27);2H2,1H3;1H2/t18-;16-;;/m00../s1. The predicted octanol–water partition coefficient (Wildman–Crippen LogP) is 10.9. The summed E-state index contributed by atoms with van der Waals surface area (Å²) in [6.07, 6.45) is 6.17. The van der Waals surface area contributed by atoms with Crippen molar-refractivity contribution in [3.63, 3.8) is 0 Å². The number of benzene rings is 2. The molecule has 0 aliphatic carbocycles. The summed E-state index contributed by atoms with van der Waals surface area (Å²) in [5, 5.41) is 9.17. The van der Waals surface area contributed by atoms with Gasteiger partial charge >= 0.3 is 29.7 Å². The molecule has 6 aromatic rings. The average Bonchev–Trinajstić information content (AvgIpc) is 3.87. The van der Waals surface area contributed by atoms with Crippen LogP contribution in [0.1, 0.15) is 83.3 Å². The lowest BCUT2D eigenvalue weighted by Gasteiger charge is -2.14. The lowest BCUT2D eigenvalue weighted by atomic mass is 10.0. The molecule has 0 radical (unpaired) electrons. The maximum absolute atomic E-state index is 12.2. The quantitative estimate of drug-likeness (QED) is 0.0393. The predicted molar refractivity (Wildman–Crippen MR) is 275 cm³/mol. The number of aliphatic carboxylic acids is 1. The number of halogens is 5. The van der Waals surface area contributed by atoms with E-state index in [0.717, 1.165) is 71.6 Å². The van der Waals surface area contributed by atoms with Crippen LogP contribution in [-0.2, 0) is 38.0 Å². The van der Waals surface area contributed by atoms with Gasteiger partial charge in [0.15, 0.2) is 12.1 Å². The summed E-state index contributed by atoms with van der Waals surface area (Å²) < 4.78 is 32.0. The van der Waals surface area contributed by atoms with Gasteiger partial charge in [0.25, 0.3) is 0 Å². The number of aromatic nitrogens is 6. The molecule has 0 saturated heterocycles. The number of carboxylic acid groups (broad SMARTS) is 1. The number of aliphatic imine (C=N–C) groups is 2. The van der Waals surface area contributed by atoms with Gasteiger partial charge in [-0.3, -0.25) is 38.7 Å². The largest absolute Gasteiger partial charge is 0.510 e. The third-order valence-corrected chi connectivity index (χ3v) is 11.5. The minimum absolute atomic E-state index is 0.0234. The average molecular weight is 1190 g/mol. The van der Waals surface area contributed by atoms with E-state index in [0.29, 0.717) is 18.6 Å². The van der Waals surface area contributed by atoms with Gasteiger partial charge in [-0.25, -0.2) is 24.4 Å². The first-order valence-corrected chi connectivity index (χ1v) is 24.5. The Morgan fingerprint density at radius 2 is 1.10 bits per heavy atom. The fraction of sp³-hybridized carbons (Fsp3) is 0.271. The number of pyridine rings is 2. The zero-order valence-electron chi connectivity index (χ0n) is 39.2. The first-order chi connectivity index (χ1) is 35.1. The van der Waals surface area contributed by atoms with Crippen molar-refractivity contribution in [3.8, 4) is 11.4 Å². The normalized spacial score (nSPS) is 13.6. The second-order valence-electron chi connectivity index (χ2n) is 14.8. The van der Waals surface area contributed by atoms with E-state index >= 15 is 0 Å². The first-order valence-electron chi connectivity index (χ1n) is 21.5. The highest BCUT2D eigenvalue weighted by atomic mass is 79.9. The smallest absolute Gasteiger partial charge is 0.481 e. The van der Waals surface area contributed by atoms with Crippen LogP contribution in [-0.4, -0.2) is 108 Å². The SMILES string of the molecule is COC(=O)OCCl.COC(=O)OCOC(=O)CC[C@@H]1N=C(c2ccccn2)c2cc(Br)ccc2-n2c(C)cnc21.Cc1cnc2n1-c1ccc(Br)cc1C(c1ccccn1)=N[C@H]2CCC(=O)O.O=C(Cl)OCCl. The van der Waals surface area contributed by atoms with Crippen molar-refractivity contribution in [1.29, 1.82) is 0 Å². The Bertz CT molecular complexity index is 2940. The van der Waals surface area contributed by atoms with E-state index in [9.17, 15) is 24.0 Å². The van der Waals surface area contributed by atoms with Gasteiger partial charge in [0.2, 0.25) is 6.79 Å². The van der Waals surface area contributed by atoms with Gasteiger partial charge in [-0.2, -0.15) is 0 Å². The van der Waals surface area contributed by atoms with E-state index in [4.69, 9.17) is 43.0 Å². The molecule has 8 rings (SSSR count). The van der Waals surface area contributed by atoms with Crippen LogP contribution in [0.5, 0.6) is 0 Å². The zero-order valence-corrected chi connectivity index (χ0v) is 44.7. The molecule has 25 heteroatoms. The highest BCUT2D eigenvalue weighted by Crippen LogP contribution is 2.36. The lowest BCUT2D eigenvalue weighted by molar-refractivity contribution is -0.153. The second kappa shape index (κ2) is 28.5. The summed E-state index contributed by atoms with van der Waals surface area (Å²) in [6, 6.07) is 22.2.